The summed E-state index contributed by atoms with van der Waals surface area (Å²) >= 11 is 0. The summed E-state index contributed by atoms with van der Waals surface area (Å²) in [5.74, 6) is 0. The van der Waals surface area contributed by atoms with E-state index in [9.17, 15) is 15.3 Å². The van der Waals surface area contributed by atoms with Crippen LogP contribution in [-0.4, -0.2) is 22.9 Å². The van der Waals surface area contributed by atoms with Gasteiger partial charge in [-0.05, 0) is 6.42 Å². The first-order valence-corrected chi connectivity index (χ1v) is 3.38. The highest BCUT2D eigenvalue weighted by Crippen LogP contribution is 2.16. The normalized spacial score (nSPS) is 24.1. The number of rotatable bonds is 1. The van der Waals surface area contributed by atoms with Crippen molar-refractivity contribution < 1.29 is 9.79 Å². The van der Waals surface area contributed by atoms with Crippen molar-refractivity contribution >= 4 is 0 Å². The summed E-state index contributed by atoms with van der Waals surface area (Å²) in [6.45, 7) is 0.292. The molecule has 5 nitrogen and oxygen atoms in total. The molecule has 1 aliphatic rings. The maximum atomic E-state index is 11.1. The summed E-state index contributed by atoms with van der Waals surface area (Å²) < 4.78 is -1.22. The van der Waals surface area contributed by atoms with Crippen LogP contribution >= 0.6 is 0 Å². The molecule has 0 atom stereocenters. The van der Waals surface area contributed by atoms with Crippen molar-refractivity contribution in [1.82, 2.24) is 0 Å². The lowest BCUT2D eigenvalue weighted by Gasteiger charge is -2.32. The van der Waals surface area contributed by atoms with E-state index in [1.807, 2.05) is 0 Å². The maximum absolute atomic E-state index is 11.1. The van der Waals surface area contributed by atoms with Crippen LogP contribution in [0.15, 0.2) is 0 Å². The van der Waals surface area contributed by atoms with Crippen molar-refractivity contribution in [3.8, 4) is 0 Å². The lowest BCUT2D eigenvalue weighted by molar-refractivity contribution is -1.30. The second kappa shape index (κ2) is 2.51. The van der Waals surface area contributed by atoms with Gasteiger partial charge in [-0.2, -0.15) is 0 Å². The van der Waals surface area contributed by atoms with Crippen molar-refractivity contribution in [3.63, 3.8) is 0 Å². The molecule has 0 aromatic rings. The van der Waals surface area contributed by atoms with E-state index in [0.29, 0.717) is 12.8 Å². The van der Waals surface area contributed by atoms with Crippen LogP contribution < -0.4 is 0 Å². The lowest BCUT2D eigenvalue weighted by atomic mass is 10.2. The van der Waals surface area contributed by atoms with Crippen LogP contribution in [0.2, 0.25) is 0 Å². The SMILES string of the molecule is O=[N+]([O-])[N+]1([O-])CCCCC1. The van der Waals surface area contributed by atoms with Crippen LogP contribution in [-0.2, 0) is 0 Å². The van der Waals surface area contributed by atoms with Crippen molar-refractivity contribution in [2.75, 3.05) is 13.1 Å². The van der Waals surface area contributed by atoms with Gasteiger partial charge in [0.25, 0.3) is 0 Å². The Morgan fingerprint density at radius 2 is 1.70 bits per heavy atom. The fourth-order valence-electron chi connectivity index (χ4n) is 1.17. The number of quaternary nitrogens is 1. The Bertz CT molecular complexity index is 142. The standard InChI is InChI=1S/C5H10N2O3/c8-6(9)7(10)4-2-1-3-5-7/h1-5H2. The molecule has 0 saturated carbocycles. The fourth-order valence-corrected chi connectivity index (χ4v) is 1.17. The van der Waals surface area contributed by atoms with Gasteiger partial charge in [-0.15, -0.1) is 0 Å². The summed E-state index contributed by atoms with van der Waals surface area (Å²) in [5.41, 5.74) is 0. The molecule has 0 bridgehead atoms. The molecule has 5 heteroatoms. The minimum atomic E-state index is -1.22. The Balaban J connectivity index is 2.56. The molecule has 1 heterocycles. The van der Waals surface area contributed by atoms with Gasteiger partial charge in [0.05, 0.1) is 0 Å². The lowest BCUT2D eigenvalue weighted by Crippen LogP contribution is -2.50. The summed E-state index contributed by atoms with van der Waals surface area (Å²) in [4.78, 5) is 10.1. The summed E-state index contributed by atoms with van der Waals surface area (Å²) in [7, 11) is 0. The third-order valence-corrected chi connectivity index (χ3v) is 1.81. The molecule has 0 N–H and O–H groups in total. The number of nitro groups is 1. The minimum Gasteiger partial charge on any atom is -0.569 e. The van der Waals surface area contributed by atoms with E-state index >= 15 is 0 Å². The summed E-state index contributed by atoms with van der Waals surface area (Å²) in [5, 5.41) is 20.5. The van der Waals surface area contributed by atoms with Gasteiger partial charge in [0.1, 0.15) is 13.1 Å². The maximum Gasteiger partial charge on any atom is 0.238 e. The summed E-state index contributed by atoms with van der Waals surface area (Å²) in [6, 6.07) is 0. The van der Waals surface area contributed by atoms with Crippen molar-refractivity contribution in [2.24, 2.45) is 0 Å². The first-order chi connectivity index (χ1) is 4.65. The second-order valence-corrected chi connectivity index (χ2v) is 2.59. The average molecular weight is 146 g/mol. The van der Waals surface area contributed by atoms with Crippen LogP contribution in [0.4, 0.5) is 0 Å². The zero-order chi connectivity index (χ0) is 7.61. The van der Waals surface area contributed by atoms with E-state index in [-0.39, 0.29) is 13.1 Å². The van der Waals surface area contributed by atoms with E-state index in [1.165, 1.54) is 0 Å². The number of hydrogen-bond acceptors (Lipinski definition) is 3. The zero-order valence-corrected chi connectivity index (χ0v) is 5.65. The first-order valence-electron chi connectivity index (χ1n) is 3.38. The predicted molar refractivity (Wildman–Crippen MR) is 34.2 cm³/mol. The Morgan fingerprint density at radius 1 is 1.20 bits per heavy atom. The van der Waals surface area contributed by atoms with E-state index < -0.39 is 9.79 Å². The van der Waals surface area contributed by atoms with Crippen molar-refractivity contribution in [3.05, 3.63) is 15.3 Å². The first kappa shape index (κ1) is 7.43. The second-order valence-electron chi connectivity index (χ2n) is 2.59. The molecule has 0 unspecified atom stereocenters. The van der Waals surface area contributed by atoms with E-state index in [2.05, 4.69) is 0 Å². The minimum absolute atomic E-state index is 0.146. The molecule has 0 aliphatic carbocycles. The predicted octanol–water partition coefficient (Wildman–Crippen LogP) is 0.677. The quantitative estimate of drug-likeness (QED) is 0.236. The van der Waals surface area contributed by atoms with E-state index in [4.69, 9.17) is 0 Å². The highest BCUT2D eigenvalue weighted by molar-refractivity contribution is 4.48. The Hall–Kier alpha value is -0.680. The van der Waals surface area contributed by atoms with Crippen molar-refractivity contribution in [1.29, 1.82) is 0 Å². The van der Waals surface area contributed by atoms with Crippen LogP contribution in [0.3, 0.4) is 0 Å². The molecule has 10 heavy (non-hydrogen) atoms. The Kier molecular flexibility index (Phi) is 1.87. The van der Waals surface area contributed by atoms with Crippen LogP contribution in [0.1, 0.15) is 19.3 Å². The third-order valence-electron chi connectivity index (χ3n) is 1.81. The van der Waals surface area contributed by atoms with Crippen LogP contribution in [0.25, 0.3) is 0 Å². The van der Waals surface area contributed by atoms with Gasteiger partial charge >= 0.3 is 0 Å². The van der Waals surface area contributed by atoms with Gasteiger partial charge in [0.15, 0.2) is 0 Å². The number of hydrogen-bond donors (Lipinski definition) is 0. The van der Waals surface area contributed by atoms with Crippen molar-refractivity contribution in [2.45, 2.75) is 19.3 Å². The van der Waals surface area contributed by atoms with E-state index in [0.717, 1.165) is 6.42 Å². The van der Waals surface area contributed by atoms with Crippen LogP contribution in [0, 0.1) is 15.3 Å². The molecule has 1 rings (SSSR count). The number of nitrogens with zero attached hydrogens (tertiary/aromatic N) is 2. The number of piperidine rings is 1. The smallest absolute Gasteiger partial charge is 0.238 e. The monoisotopic (exact) mass is 146 g/mol. The van der Waals surface area contributed by atoms with Gasteiger partial charge in [0, 0.05) is 12.8 Å². The molecule has 0 amide bonds. The molecular formula is C5H10N2O3. The molecule has 0 aromatic heterocycles. The molecule has 1 saturated heterocycles. The summed E-state index contributed by atoms with van der Waals surface area (Å²) in [6.07, 6.45) is 2.32. The van der Waals surface area contributed by atoms with Gasteiger partial charge in [-0.25, -0.2) is 10.1 Å². The molecule has 0 radical (unpaired) electrons. The molecule has 1 aliphatic heterocycles. The topological polar surface area (TPSA) is 66.2 Å². The van der Waals surface area contributed by atoms with Gasteiger partial charge < -0.3 is 5.21 Å². The Labute approximate surface area is 58.5 Å². The fraction of sp³-hybridized carbons (Fsp3) is 1.00. The highest BCUT2D eigenvalue weighted by Gasteiger charge is 2.31. The largest absolute Gasteiger partial charge is 0.569 e. The molecule has 0 spiro atoms. The van der Waals surface area contributed by atoms with E-state index in [1.54, 1.807) is 0 Å². The zero-order valence-electron chi connectivity index (χ0n) is 5.65. The van der Waals surface area contributed by atoms with Gasteiger partial charge in [-0.1, -0.05) is 4.76 Å². The molecular weight excluding hydrogens is 136 g/mol. The third kappa shape index (κ3) is 1.25. The molecule has 58 valence electrons. The molecule has 1 fully saturated rings. The number of hydroxylamine groups is 2. The average Bonchev–Trinajstić information content (AvgIpc) is 1.89. The molecule has 0 aromatic carbocycles. The van der Waals surface area contributed by atoms with Gasteiger partial charge in [0.2, 0.25) is 5.03 Å². The highest BCUT2D eigenvalue weighted by atomic mass is 16.8. The Morgan fingerprint density at radius 3 is 2.00 bits per heavy atom. The van der Waals surface area contributed by atoms with Crippen LogP contribution in [0.5, 0.6) is 0 Å². The van der Waals surface area contributed by atoms with Gasteiger partial charge in [-0.3, -0.25) is 0 Å².